The van der Waals surface area contributed by atoms with E-state index in [2.05, 4.69) is 28.5 Å². The van der Waals surface area contributed by atoms with Crippen molar-refractivity contribution >= 4 is 39.0 Å². The lowest BCUT2D eigenvalue weighted by molar-refractivity contribution is 0.0954. The Bertz CT molecular complexity index is 1450. The third-order valence-corrected chi connectivity index (χ3v) is 6.73. The molecule has 5 rings (SSSR count). The number of H-pyrrole nitrogens is 1. The Labute approximate surface area is 183 Å². The molecule has 2 N–H and O–H groups in total. The zero-order valence-corrected chi connectivity index (χ0v) is 17.8. The van der Waals surface area contributed by atoms with Crippen LogP contribution in [0.5, 0.6) is 0 Å². The molecule has 0 aliphatic heterocycles. The summed E-state index contributed by atoms with van der Waals surface area (Å²) in [4.78, 5) is 30.1. The molecular weight excluding hydrogens is 406 g/mol. The Hall–Kier alpha value is -3.64. The number of thiophene rings is 1. The van der Waals surface area contributed by atoms with E-state index in [1.54, 1.807) is 23.0 Å². The molecule has 1 atom stereocenters. The van der Waals surface area contributed by atoms with Gasteiger partial charge in [0.25, 0.3) is 11.5 Å². The molecule has 0 saturated carbocycles. The van der Waals surface area contributed by atoms with Crippen LogP contribution in [0.3, 0.4) is 0 Å². The summed E-state index contributed by atoms with van der Waals surface area (Å²) < 4.78 is 1.56. The molecular formula is C25H21N3O2S. The number of amides is 1. The summed E-state index contributed by atoms with van der Waals surface area (Å²) in [6.07, 6.45) is 2.02. The fourth-order valence-electron chi connectivity index (χ4n) is 4.12. The van der Waals surface area contributed by atoms with E-state index in [4.69, 9.17) is 0 Å². The third-order valence-electron chi connectivity index (χ3n) is 5.75. The summed E-state index contributed by atoms with van der Waals surface area (Å²) >= 11 is 1.67. The number of hydrogen-bond donors (Lipinski definition) is 2. The highest BCUT2D eigenvalue weighted by molar-refractivity contribution is 7.10. The van der Waals surface area contributed by atoms with Gasteiger partial charge in [0.2, 0.25) is 0 Å². The van der Waals surface area contributed by atoms with Crippen molar-refractivity contribution in [1.29, 1.82) is 0 Å². The Morgan fingerprint density at radius 2 is 1.84 bits per heavy atom. The Balaban J connectivity index is 1.50. The molecule has 5 nitrogen and oxygen atoms in total. The smallest absolute Gasteiger partial charge is 0.252 e. The van der Waals surface area contributed by atoms with Crippen molar-refractivity contribution in [3.8, 4) is 0 Å². The van der Waals surface area contributed by atoms with Gasteiger partial charge in [0, 0.05) is 52.9 Å². The summed E-state index contributed by atoms with van der Waals surface area (Å²) in [5, 5.41) is 7.05. The highest BCUT2D eigenvalue weighted by Crippen LogP contribution is 2.33. The molecule has 0 aliphatic carbocycles. The Morgan fingerprint density at radius 1 is 1.06 bits per heavy atom. The molecule has 3 aromatic heterocycles. The number of aromatic nitrogens is 2. The van der Waals surface area contributed by atoms with E-state index in [9.17, 15) is 9.59 Å². The summed E-state index contributed by atoms with van der Waals surface area (Å²) in [7, 11) is 1.72. The van der Waals surface area contributed by atoms with Crippen molar-refractivity contribution in [2.75, 3.05) is 6.54 Å². The van der Waals surface area contributed by atoms with Gasteiger partial charge in [-0.25, -0.2) is 0 Å². The van der Waals surface area contributed by atoms with Crippen LogP contribution in [0.25, 0.3) is 21.8 Å². The van der Waals surface area contributed by atoms with E-state index in [-0.39, 0.29) is 17.4 Å². The van der Waals surface area contributed by atoms with Gasteiger partial charge in [0.15, 0.2) is 0 Å². The molecule has 0 spiro atoms. The first-order chi connectivity index (χ1) is 15.1. The molecule has 1 unspecified atom stereocenters. The number of nitrogens with one attached hydrogen (secondary N) is 2. The van der Waals surface area contributed by atoms with Gasteiger partial charge in [-0.15, -0.1) is 11.3 Å². The summed E-state index contributed by atoms with van der Waals surface area (Å²) in [6, 6.07) is 21.2. The van der Waals surface area contributed by atoms with Crippen LogP contribution in [-0.4, -0.2) is 22.0 Å². The van der Waals surface area contributed by atoms with Crippen LogP contribution in [0.4, 0.5) is 0 Å². The number of aromatic amines is 1. The number of pyridine rings is 1. The first-order valence-corrected chi connectivity index (χ1v) is 11.0. The maximum Gasteiger partial charge on any atom is 0.252 e. The lowest BCUT2D eigenvalue weighted by Crippen LogP contribution is -2.30. The van der Waals surface area contributed by atoms with E-state index in [0.717, 1.165) is 27.4 Å². The first kappa shape index (κ1) is 19.3. The van der Waals surface area contributed by atoms with Crippen molar-refractivity contribution in [3.63, 3.8) is 0 Å². The monoisotopic (exact) mass is 427 g/mol. The van der Waals surface area contributed by atoms with Crippen LogP contribution < -0.4 is 10.9 Å². The van der Waals surface area contributed by atoms with Crippen LogP contribution in [-0.2, 0) is 7.05 Å². The molecule has 0 fully saturated rings. The third kappa shape index (κ3) is 3.45. The van der Waals surface area contributed by atoms with Crippen LogP contribution in [0.1, 0.15) is 26.7 Å². The number of carbonyl (C=O) groups excluding carboxylic acids is 1. The van der Waals surface area contributed by atoms with E-state index < -0.39 is 0 Å². The molecule has 5 aromatic rings. The first-order valence-electron chi connectivity index (χ1n) is 10.1. The van der Waals surface area contributed by atoms with Crippen molar-refractivity contribution < 1.29 is 4.79 Å². The van der Waals surface area contributed by atoms with E-state index in [0.29, 0.717) is 12.1 Å². The molecule has 0 saturated heterocycles. The summed E-state index contributed by atoms with van der Waals surface area (Å²) in [6.45, 7) is 0.435. The molecule has 2 aromatic carbocycles. The molecule has 154 valence electrons. The second-order valence-corrected chi connectivity index (χ2v) is 8.52. The van der Waals surface area contributed by atoms with Crippen molar-refractivity contribution in [2.45, 2.75) is 5.92 Å². The minimum absolute atomic E-state index is 0.0120. The zero-order chi connectivity index (χ0) is 21.4. The maximum absolute atomic E-state index is 13.2. The molecule has 0 aliphatic rings. The van der Waals surface area contributed by atoms with Gasteiger partial charge in [-0.2, -0.15) is 0 Å². The minimum atomic E-state index is -0.240. The second-order valence-electron chi connectivity index (χ2n) is 7.54. The standard InChI is InChI=1S/C25H21N3O2S/c1-28-22-10-5-3-8-17(22)18(13-24(28)29)25(30)27-15-20(23-11-6-12-31-23)19-14-26-21-9-4-2-7-16(19)21/h2-14,20,26H,15H2,1H3,(H,27,30). The molecule has 1 amide bonds. The topological polar surface area (TPSA) is 66.9 Å². The van der Waals surface area contributed by atoms with Gasteiger partial charge in [-0.3, -0.25) is 9.59 Å². The molecule has 31 heavy (non-hydrogen) atoms. The van der Waals surface area contributed by atoms with Crippen LogP contribution in [0, 0.1) is 0 Å². The number of benzene rings is 2. The zero-order valence-electron chi connectivity index (χ0n) is 17.0. The predicted octanol–water partition coefficient (Wildman–Crippen LogP) is 4.64. The predicted molar refractivity (Wildman–Crippen MR) is 126 cm³/mol. The largest absolute Gasteiger partial charge is 0.361 e. The Morgan fingerprint density at radius 3 is 2.65 bits per heavy atom. The normalized spacial score (nSPS) is 12.3. The summed E-state index contributed by atoms with van der Waals surface area (Å²) in [5.74, 6) is -0.229. The number of nitrogens with zero attached hydrogens (tertiary/aromatic N) is 1. The fraction of sp³-hybridized carbons (Fsp3) is 0.120. The molecule has 0 bridgehead atoms. The van der Waals surface area contributed by atoms with Gasteiger partial charge in [0.1, 0.15) is 0 Å². The van der Waals surface area contributed by atoms with Gasteiger partial charge < -0.3 is 14.9 Å². The average molecular weight is 428 g/mol. The Kier molecular flexibility index (Phi) is 4.92. The number of fused-ring (bicyclic) bond motifs is 2. The van der Waals surface area contributed by atoms with Crippen molar-refractivity contribution in [2.24, 2.45) is 7.05 Å². The highest BCUT2D eigenvalue weighted by Gasteiger charge is 2.21. The maximum atomic E-state index is 13.2. The fourth-order valence-corrected chi connectivity index (χ4v) is 4.97. The number of rotatable bonds is 5. The van der Waals surface area contributed by atoms with Gasteiger partial charge in [-0.05, 0) is 29.1 Å². The highest BCUT2D eigenvalue weighted by atomic mass is 32.1. The van der Waals surface area contributed by atoms with E-state index in [1.165, 1.54) is 10.9 Å². The number of hydrogen-bond acceptors (Lipinski definition) is 3. The number of aryl methyl sites for hydroxylation is 1. The molecule has 6 heteroatoms. The minimum Gasteiger partial charge on any atom is -0.361 e. The van der Waals surface area contributed by atoms with Gasteiger partial charge in [0.05, 0.1) is 11.1 Å². The summed E-state index contributed by atoms with van der Waals surface area (Å²) in [5.41, 5.74) is 3.17. The van der Waals surface area contributed by atoms with Crippen LogP contribution >= 0.6 is 11.3 Å². The van der Waals surface area contributed by atoms with Gasteiger partial charge >= 0.3 is 0 Å². The van der Waals surface area contributed by atoms with Crippen molar-refractivity contribution in [3.05, 3.63) is 105 Å². The second kappa shape index (κ2) is 7.89. The molecule has 3 heterocycles. The van der Waals surface area contributed by atoms with E-state index in [1.807, 2.05) is 54.0 Å². The quantitative estimate of drug-likeness (QED) is 0.429. The van der Waals surface area contributed by atoms with E-state index >= 15 is 0 Å². The van der Waals surface area contributed by atoms with Crippen LogP contribution in [0.2, 0.25) is 0 Å². The average Bonchev–Trinajstić information content (AvgIpc) is 3.47. The van der Waals surface area contributed by atoms with Gasteiger partial charge in [-0.1, -0.05) is 42.5 Å². The van der Waals surface area contributed by atoms with Crippen LogP contribution in [0.15, 0.2) is 83.1 Å². The number of carbonyl (C=O) groups is 1. The SMILES string of the molecule is Cn1c(=O)cc(C(=O)NCC(c2cccs2)c2c[nH]c3ccccc23)c2ccccc21. The lowest BCUT2D eigenvalue weighted by atomic mass is 9.96. The number of para-hydroxylation sites is 2. The van der Waals surface area contributed by atoms with Crippen molar-refractivity contribution in [1.82, 2.24) is 14.9 Å². The molecule has 0 radical (unpaired) electrons. The lowest BCUT2D eigenvalue weighted by Gasteiger charge is -2.17.